The van der Waals surface area contributed by atoms with Gasteiger partial charge in [-0.1, -0.05) is 0 Å². The van der Waals surface area contributed by atoms with Gasteiger partial charge in [0.25, 0.3) is 0 Å². The molecule has 1 fully saturated rings. The van der Waals surface area contributed by atoms with Crippen molar-refractivity contribution in [1.29, 1.82) is 0 Å². The van der Waals surface area contributed by atoms with Gasteiger partial charge in [-0.15, -0.1) is 0 Å². The van der Waals surface area contributed by atoms with Gasteiger partial charge in [0.05, 0.1) is 0 Å². The van der Waals surface area contributed by atoms with Crippen LogP contribution in [0.4, 0.5) is 0 Å². The van der Waals surface area contributed by atoms with Crippen LogP contribution in [0.25, 0.3) is 11.1 Å². The Morgan fingerprint density at radius 3 is 1.77 bits per heavy atom. The zero-order chi connectivity index (χ0) is 28.1. The number of hydrogen-bond donors (Lipinski definition) is 0. The van der Waals surface area contributed by atoms with Gasteiger partial charge in [-0.25, -0.2) is 0 Å². The van der Waals surface area contributed by atoms with E-state index in [1.165, 1.54) is 54.4 Å². The molecule has 6 rings (SSSR count). The summed E-state index contributed by atoms with van der Waals surface area (Å²) >= 11 is -2.74. The van der Waals surface area contributed by atoms with Crippen LogP contribution in [0, 0.1) is 5.92 Å². The standard InChI is InChI=1S/C21H25.C13H16.C5H5.Hf/c1-20(2,3)16-7-9-18-14(12-16)11-15-13-17(21(4,5)6)8-10-19(15)18;1-3-7-12(8-4-1)11-13-9-5-2-6-10-13;1-2-4-5-3-1;/h7-13H,1-6H3;1,3-4,7-8,13H,2,5-6,9-10H2;1-3H,4H2;. The molecule has 3 aromatic carbocycles. The minimum absolute atomic E-state index is 0.139. The summed E-state index contributed by atoms with van der Waals surface area (Å²) in [7, 11) is 0. The van der Waals surface area contributed by atoms with Crippen molar-refractivity contribution in [1.82, 2.24) is 0 Å². The van der Waals surface area contributed by atoms with E-state index < -0.39 is 21.0 Å². The molecule has 0 nitrogen and oxygen atoms in total. The Bertz CT molecular complexity index is 1430. The molecule has 0 spiro atoms. The van der Waals surface area contributed by atoms with E-state index in [0.717, 1.165) is 12.3 Å². The number of benzene rings is 3. The fraction of sp³-hybridized carbons (Fsp3) is 0.410. The van der Waals surface area contributed by atoms with Gasteiger partial charge in [0, 0.05) is 0 Å². The van der Waals surface area contributed by atoms with Gasteiger partial charge in [-0.3, -0.25) is 0 Å². The van der Waals surface area contributed by atoms with Crippen molar-refractivity contribution in [2.24, 2.45) is 5.92 Å². The topological polar surface area (TPSA) is 0 Å². The van der Waals surface area contributed by atoms with Crippen molar-refractivity contribution in [2.75, 3.05) is 0 Å². The van der Waals surface area contributed by atoms with Crippen LogP contribution in [0.5, 0.6) is 0 Å². The molecule has 0 radical (unpaired) electrons. The van der Waals surface area contributed by atoms with E-state index in [-0.39, 0.29) is 10.8 Å². The summed E-state index contributed by atoms with van der Waals surface area (Å²) in [6.45, 7) is 14.2. The van der Waals surface area contributed by atoms with E-state index in [2.05, 4.69) is 127 Å². The van der Waals surface area contributed by atoms with E-state index in [1.807, 2.05) is 3.26 Å². The maximum atomic E-state index is 2.63. The molecule has 0 saturated heterocycles. The van der Waals surface area contributed by atoms with Crippen LogP contribution in [-0.2, 0) is 31.8 Å². The fourth-order valence-corrected chi connectivity index (χ4v) is 21.5. The van der Waals surface area contributed by atoms with Gasteiger partial charge in [0.1, 0.15) is 0 Å². The average Bonchev–Trinajstić information content (AvgIpc) is 3.58. The van der Waals surface area contributed by atoms with Gasteiger partial charge < -0.3 is 0 Å². The molecule has 40 heavy (non-hydrogen) atoms. The number of hydrogen-bond acceptors (Lipinski definition) is 0. The molecule has 0 bridgehead atoms. The van der Waals surface area contributed by atoms with Crippen LogP contribution in [0.2, 0.25) is 0 Å². The van der Waals surface area contributed by atoms with E-state index in [9.17, 15) is 0 Å². The van der Waals surface area contributed by atoms with Crippen LogP contribution in [0.3, 0.4) is 0 Å². The van der Waals surface area contributed by atoms with Crippen LogP contribution in [0.1, 0.15) is 112 Å². The van der Waals surface area contributed by atoms with Crippen molar-refractivity contribution in [3.63, 3.8) is 0 Å². The Morgan fingerprint density at radius 1 is 0.700 bits per heavy atom. The Labute approximate surface area is 250 Å². The zero-order valence-corrected chi connectivity index (χ0v) is 29.1. The predicted octanol–water partition coefficient (Wildman–Crippen LogP) is 10.6. The van der Waals surface area contributed by atoms with Gasteiger partial charge in [0.15, 0.2) is 0 Å². The van der Waals surface area contributed by atoms with Crippen LogP contribution in [-0.4, -0.2) is 3.26 Å². The third-order valence-electron chi connectivity index (χ3n) is 9.54. The first-order valence-electron chi connectivity index (χ1n) is 15.6. The molecular formula is C39H46Hf. The summed E-state index contributed by atoms with van der Waals surface area (Å²) in [6.07, 6.45) is 15.4. The Balaban J connectivity index is 1.69. The first-order valence-corrected chi connectivity index (χ1v) is 21.2. The number of fused-ring (bicyclic) bond motifs is 3. The Morgan fingerprint density at radius 2 is 1.27 bits per heavy atom. The SMILES string of the molecule is CC(C)(C)c1ccc2c(c1)[CH](/[Hf]([C]1=CC=CC1)=[C](/c1ccccc1)C1CCCCC1)c1cc(C(C)(C)C)ccc1-2. The summed E-state index contributed by atoms with van der Waals surface area (Å²) in [6, 6.07) is 26.7. The van der Waals surface area contributed by atoms with Crippen LogP contribution < -0.4 is 0 Å². The first kappa shape index (κ1) is 28.0. The van der Waals surface area contributed by atoms with Crippen molar-refractivity contribution >= 4 is 3.26 Å². The van der Waals surface area contributed by atoms with Gasteiger partial charge in [0.2, 0.25) is 0 Å². The van der Waals surface area contributed by atoms with E-state index in [4.69, 9.17) is 0 Å². The van der Waals surface area contributed by atoms with Crippen molar-refractivity contribution in [3.05, 3.63) is 116 Å². The number of allylic oxidation sites excluding steroid dienone is 4. The Hall–Kier alpha value is -2.12. The first-order chi connectivity index (χ1) is 19.1. The minimum atomic E-state index is -2.74. The summed E-state index contributed by atoms with van der Waals surface area (Å²) < 4.78 is 4.26. The molecule has 0 aromatic heterocycles. The molecule has 0 atom stereocenters. The molecule has 3 aromatic rings. The van der Waals surface area contributed by atoms with E-state index in [0.29, 0.717) is 3.67 Å². The molecule has 0 aliphatic heterocycles. The van der Waals surface area contributed by atoms with Gasteiger partial charge in [-0.2, -0.15) is 0 Å². The predicted molar refractivity (Wildman–Crippen MR) is 170 cm³/mol. The summed E-state index contributed by atoms with van der Waals surface area (Å²) in [5, 5.41) is 0. The van der Waals surface area contributed by atoms with Crippen LogP contribution in [0.15, 0.2) is 88.3 Å². The molecule has 206 valence electrons. The normalized spacial score (nSPS) is 18.4. The quantitative estimate of drug-likeness (QED) is 0.239. The molecule has 0 unspecified atom stereocenters. The van der Waals surface area contributed by atoms with Crippen molar-refractivity contribution in [3.8, 4) is 11.1 Å². The third kappa shape index (κ3) is 5.29. The van der Waals surface area contributed by atoms with Crippen molar-refractivity contribution < 1.29 is 21.0 Å². The molecule has 3 aliphatic rings. The van der Waals surface area contributed by atoms with Gasteiger partial charge in [-0.05, 0) is 0 Å². The third-order valence-corrected chi connectivity index (χ3v) is 22.3. The summed E-state index contributed by atoms with van der Waals surface area (Å²) in [5.41, 5.74) is 11.0. The van der Waals surface area contributed by atoms with E-state index in [1.54, 1.807) is 20.0 Å². The fourth-order valence-electron chi connectivity index (χ4n) is 7.29. The second-order valence-electron chi connectivity index (χ2n) is 14.4. The zero-order valence-electron chi connectivity index (χ0n) is 25.5. The number of rotatable bonds is 4. The monoisotopic (exact) mass is 694 g/mol. The van der Waals surface area contributed by atoms with Crippen LogP contribution >= 0.6 is 0 Å². The molecule has 1 heteroatoms. The molecule has 0 N–H and O–H groups in total. The molecule has 1 saturated carbocycles. The van der Waals surface area contributed by atoms with Gasteiger partial charge >= 0.3 is 252 Å². The second-order valence-corrected chi connectivity index (χ2v) is 23.7. The summed E-state index contributed by atoms with van der Waals surface area (Å²) in [5.74, 6) is 0.740. The van der Waals surface area contributed by atoms with Crippen molar-refractivity contribution in [2.45, 2.75) is 94.6 Å². The maximum absolute atomic E-state index is 2.74. The Kier molecular flexibility index (Phi) is 7.66. The molecule has 3 aliphatic carbocycles. The summed E-state index contributed by atoms with van der Waals surface area (Å²) in [4.78, 5) is 0. The molecular weight excluding hydrogens is 647 g/mol. The molecule has 0 amide bonds. The van der Waals surface area contributed by atoms with E-state index >= 15 is 0 Å². The molecule has 0 heterocycles. The average molecular weight is 693 g/mol. The second kappa shape index (κ2) is 10.9.